The van der Waals surface area contributed by atoms with E-state index in [2.05, 4.69) is 30.1 Å². The van der Waals surface area contributed by atoms with Crippen LogP contribution in [0.5, 0.6) is 0 Å². The highest BCUT2D eigenvalue weighted by Crippen LogP contribution is 2.32. The Kier molecular flexibility index (Phi) is 2.44. The van der Waals surface area contributed by atoms with Gasteiger partial charge in [-0.05, 0) is 38.6 Å². The van der Waals surface area contributed by atoms with E-state index in [1.165, 1.54) is 31.2 Å². The van der Waals surface area contributed by atoms with Crippen molar-refractivity contribution < 1.29 is 4.42 Å². The minimum Gasteiger partial charge on any atom is -0.459 e. The lowest BCUT2D eigenvalue weighted by Crippen LogP contribution is -2.29. The van der Waals surface area contributed by atoms with Crippen molar-refractivity contribution in [1.82, 2.24) is 4.90 Å². The monoisotopic (exact) mass is 215 g/mol. The van der Waals surface area contributed by atoms with Crippen LogP contribution in [0.2, 0.25) is 0 Å². The van der Waals surface area contributed by atoms with Crippen LogP contribution >= 0.6 is 0 Å². The van der Waals surface area contributed by atoms with E-state index in [0.29, 0.717) is 6.04 Å². The zero-order valence-electron chi connectivity index (χ0n) is 9.65. The van der Waals surface area contributed by atoms with Crippen molar-refractivity contribution in [3.8, 4) is 0 Å². The molecule has 0 radical (unpaired) electrons. The van der Waals surface area contributed by atoms with E-state index < -0.39 is 0 Å². The van der Waals surface area contributed by atoms with Crippen molar-refractivity contribution >= 4 is 11.0 Å². The third-order valence-corrected chi connectivity index (χ3v) is 3.54. The van der Waals surface area contributed by atoms with Crippen molar-refractivity contribution in [3.05, 3.63) is 36.1 Å². The smallest absolute Gasteiger partial charge is 0.134 e. The Morgan fingerprint density at radius 3 is 2.94 bits per heavy atom. The number of furan rings is 1. The maximum atomic E-state index is 5.94. The van der Waals surface area contributed by atoms with Crippen LogP contribution in [0.1, 0.15) is 31.1 Å². The van der Waals surface area contributed by atoms with Crippen molar-refractivity contribution in [2.45, 2.75) is 25.3 Å². The molecule has 0 spiro atoms. The number of hydrogen-bond donors (Lipinski definition) is 0. The highest BCUT2D eigenvalue weighted by molar-refractivity contribution is 5.77. The molecule has 1 saturated heterocycles. The van der Waals surface area contributed by atoms with E-state index in [4.69, 9.17) is 4.42 Å². The van der Waals surface area contributed by atoms with E-state index >= 15 is 0 Å². The predicted octanol–water partition coefficient (Wildman–Crippen LogP) is 3.59. The molecular weight excluding hydrogens is 198 g/mol. The van der Waals surface area contributed by atoms with Crippen LogP contribution in [0, 0.1) is 0 Å². The Labute approximate surface area is 95.9 Å². The van der Waals surface area contributed by atoms with Crippen LogP contribution in [0.3, 0.4) is 0 Å². The van der Waals surface area contributed by atoms with Gasteiger partial charge >= 0.3 is 0 Å². The van der Waals surface area contributed by atoms with Crippen LogP contribution in [-0.4, -0.2) is 18.5 Å². The number of piperidine rings is 1. The van der Waals surface area contributed by atoms with Gasteiger partial charge in [0.2, 0.25) is 0 Å². The predicted molar refractivity (Wildman–Crippen MR) is 65.4 cm³/mol. The summed E-state index contributed by atoms with van der Waals surface area (Å²) in [7, 11) is 2.19. The summed E-state index contributed by atoms with van der Waals surface area (Å²) >= 11 is 0. The van der Waals surface area contributed by atoms with Crippen molar-refractivity contribution in [2.75, 3.05) is 13.6 Å². The third-order valence-electron chi connectivity index (χ3n) is 3.54. The fourth-order valence-electron chi connectivity index (χ4n) is 2.60. The number of likely N-dealkylation sites (tertiary alicyclic amines) is 1. The zero-order chi connectivity index (χ0) is 11.0. The molecular formula is C14H17NO. The Morgan fingerprint density at radius 1 is 1.25 bits per heavy atom. The van der Waals surface area contributed by atoms with Crippen molar-refractivity contribution in [2.24, 2.45) is 0 Å². The van der Waals surface area contributed by atoms with Gasteiger partial charge in [-0.15, -0.1) is 0 Å². The van der Waals surface area contributed by atoms with Crippen LogP contribution in [0.15, 0.2) is 34.7 Å². The lowest BCUT2D eigenvalue weighted by molar-refractivity contribution is 0.166. The highest BCUT2D eigenvalue weighted by atomic mass is 16.3. The number of fused-ring (bicyclic) bond motifs is 1. The molecule has 1 aromatic heterocycles. The number of nitrogens with zero attached hydrogens (tertiary/aromatic N) is 1. The van der Waals surface area contributed by atoms with Crippen LogP contribution < -0.4 is 0 Å². The molecule has 1 aliphatic rings. The molecule has 0 saturated carbocycles. The first-order chi connectivity index (χ1) is 7.84. The summed E-state index contributed by atoms with van der Waals surface area (Å²) in [5.74, 6) is 1.13. The summed E-state index contributed by atoms with van der Waals surface area (Å²) in [5, 5.41) is 1.22. The first-order valence-electron chi connectivity index (χ1n) is 6.03. The van der Waals surface area contributed by atoms with Gasteiger partial charge in [-0.25, -0.2) is 0 Å². The number of para-hydroxylation sites is 1. The molecule has 1 aromatic carbocycles. The number of hydrogen-bond acceptors (Lipinski definition) is 2. The lowest BCUT2D eigenvalue weighted by Gasteiger charge is -2.30. The summed E-state index contributed by atoms with van der Waals surface area (Å²) in [6.45, 7) is 1.18. The summed E-state index contributed by atoms with van der Waals surface area (Å²) < 4.78 is 5.94. The van der Waals surface area contributed by atoms with E-state index in [-0.39, 0.29) is 0 Å². The van der Waals surface area contributed by atoms with Gasteiger partial charge < -0.3 is 4.42 Å². The van der Waals surface area contributed by atoms with Crippen LogP contribution in [0.25, 0.3) is 11.0 Å². The fraction of sp³-hybridized carbons (Fsp3) is 0.429. The third kappa shape index (κ3) is 1.63. The normalized spacial score (nSPS) is 22.7. The molecule has 2 heteroatoms. The van der Waals surface area contributed by atoms with Crippen molar-refractivity contribution in [3.63, 3.8) is 0 Å². The second kappa shape index (κ2) is 3.95. The van der Waals surface area contributed by atoms with Gasteiger partial charge in [0.25, 0.3) is 0 Å². The Bertz CT molecular complexity index is 455. The first-order valence-corrected chi connectivity index (χ1v) is 6.03. The molecule has 2 aromatic rings. The van der Waals surface area contributed by atoms with E-state index in [9.17, 15) is 0 Å². The summed E-state index contributed by atoms with van der Waals surface area (Å²) in [6, 6.07) is 10.9. The van der Waals surface area contributed by atoms with Gasteiger partial charge in [0.15, 0.2) is 0 Å². The largest absolute Gasteiger partial charge is 0.459 e. The molecule has 16 heavy (non-hydrogen) atoms. The molecule has 3 rings (SSSR count). The Morgan fingerprint density at radius 2 is 2.12 bits per heavy atom. The standard InChI is InChI=1S/C14H17NO/c1-15-9-5-4-7-12(15)14-10-11-6-2-3-8-13(11)16-14/h2-3,6,8,10,12H,4-5,7,9H2,1H3. The topological polar surface area (TPSA) is 16.4 Å². The van der Waals surface area contributed by atoms with Gasteiger partial charge in [0.05, 0.1) is 6.04 Å². The van der Waals surface area contributed by atoms with Gasteiger partial charge in [0.1, 0.15) is 11.3 Å². The maximum absolute atomic E-state index is 5.94. The second-order valence-electron chi connectivity index (χ2n) is 4.68. The van der Waals surface area contributed by atoms with Crippen molar-refractivity contribution in [1.29, 1.82) is 0 Å². The second-order valence-corrected chi connectivity index (χ2v) is 4.68. The maximum Gasteiger partial charge on any atom is 0.134 e. The molecule has 0 aliphatic carbocycles. The van der Waals surface area contributed by atoms with Gasteiger partial charge in [-0.3, -0.25) is 4.90 Å². The molecule has 1 unspecified atom stereocenters. The molecule has 1 aliphatic heterocycles. The average molecular weight is 215 g/mol. The number of rotatable bonds is 1. The summed E-state index contributed by atoms with van der Waals surface area (Å²) in [5.41, 5.74) is 1.01. The van der Waals surface area contributed by atoms with Gasteiger partial charge in [-0.2, -0.15) is 0 Å². The Balaban J connectivity index is 1.98. The highest BCUT2D eigenvalue weighted by Gasteiger charge is 2.23. The molecule has 0 bridgehead atoms. The minimum atomic E-state index is 0.473. The van der Waals surface area contributed by atoms with E-state index in [1.54, 1.807) is 0 Å². The minimum absolute atomic E-state index is 0.473. The van der Waals surface area contributed by atoms with Crippen LogP contribution in [0.4, 0.5) is 0 Å². The lowest BCUT2D eigenvalue weighted by atomic mass is 10.0. The molecule has 84 valence electrons. The first kappa shape index (κ1) is 9.91. The fourth-order valence-corrected chi connectivity index (χ4v) is 2.60. The quantitative estimate of drug-likeness (QED) is 0.722. The molecule has 2 heterocycles. The molecule has 2 nitrogen and oxygen atoms in total. The zero-order valence-corrected chi connectivity index (χ0v) is 9.65. The molecule has 1 atom stereocenters. The average Bonchev–Trinajstić information content (AvgIpc) is 2.73. The van der Waals surface area contributed by atoms with E-state index in [1.807, 2.05) is 12.1 Å². The molecule has 0 amide bonds. The van der Waals surface area contributed by atoms with Crippen LogP contribution in [-0.2, 0) is 0 Å². The number of benzene rings is 1. The summed E-state index contributed by atoms with van der Waals surface area (Å²) in [6.07, 6.45) is 3.84. The van der Waals surface area contributed by atoms with Gasteiger partial charge in [0, 0.05) is 5.39 Å². The van der Waals surface area contributed by atoms with Gasteiger partial charge in [-0.1, -0.05) is 24.6 Å². The SMILES string of the molecule is CN1CCCCC1c1cc2ccccc2o1. The molecule has 0 N–H and O–H groups in total. The molecule has 1 fully saturated rings. The Hall–Kier alpha value is -1.28. The van der Waals surface area contributed by atoms with E-state index in [0.717, 1.165) is 11.3 Å². The summed E-state index contributed by atoms with van der Waals surface area (Å²) in [4.78, 5) is 2.40.